The van der Waals surface area contributed by atoms with Crippen LogP contribution in [0.25, 0.3) is 0 Å². The average molecular weight is 180 g/mol. The van der Waals surface area contributed by atoms with Gasteiger partial charge in [-0.3, -0.25) is 0 Å². The van der Waals surface area contributed by atoms with Crippen LogP contribution in [0.5, 0.6) is 0 Å². The van der Waals surface area contributed by atoms with Gasteiger partial charge in [0.1, 0.15) is 12.1 Å². The number of aromatic nitrogens is 2. The Bertz CT molecular complexity index is 218. The third-order valence-electron chi connectivity index (χ3n) is 1.78. The second kappa shape index (κ2) is 5.48. The average Bonchev–Trinajstić information content (AvgIpc) is 2.19. The van der Waals surface area contributed by atoms with Crippen molar-refractivity contribution < 1.29 is 0 Å². The van der Waals surface area contributed by atoms with Crippen LogP contribution in [0.4, 0.5) is 5.82 Å². The molecule has 1 aromatic rings. The Labute approximate surface area is 78.8 Å². The van der Waals surface area contributed by atoms with Gasteiger partial charge >= 0.3 is 0 Å². The summed E-state index contributed by atoms with van der Waals surface area (Å²) in [6, 6.07) is 1.91. The molecule has 0 unspecified atom stereocenters. The first-order valence-corrected chi connectivity index (χ1v) is 4.59. The van der Waals surface area contributed by atoms with E-state index in [1.807, 2.05) is 6.07 Å². The summed E-state index contributed by atoms with van der Waals surface area (Å²) < 4.78 is 0. The Morgan fingerprint density at radius 2 is 2.31 bits per heavy atom. The largest absolute Gasteiger partial charge is 0.355 e. The van der Waals surface area contributed by atoms with Crippen molar-refractivity contribution in [2.75, 3.05) is 24.5 Å². The fraction of sp³-hybridized carbons (Fsp3) is 0.556. The van der Waals surface area contributed by atoms with Gasteiger partial charge in [-0.2, -0.15) is 0 Å². The van der Waals surface area contributed by atoms with Crippen molar-refractivity contribution in [1.29, 1.82) is 0 Å². The Hall–Kier alpha value is -1.16. The van der Waals surface area contributed by atoms with Crippen molar-refractivity contribution in [3.05, 3.63) is 18.6 Å². The van der Waals surface area contributed by atoms with E-state index in [9.17, 15) is 0 Å². The van der Waals surface area contributed by atoms with Crippen LogP contribution in [-0.4, -0.2) is 29.6 Å². The predicted molar refractivity (Wildman–Crippen MR) is 53.6 cm³/mol. The summed E-state index contributed by atoms with van der Waals surface area (Å²) in [6.07, 6.45) is 4.42. The number of nitrogens with two attached hydrogens (primary N) is 1. The first-order valence-electron chi connectivity index (χ1n) is 4.59. The summed E-state index contributed by atoms with van der Waals surface area (Å²) in [6.45, 7) is 4.65. The number of anilines is 1. The molecular weight excluding hydrogens is 164 g/mol. The summed E-state index contributed by atoms with van der Waals surface area (Å²) >= 11 is 0. The predicted octanol–water partition coefficient (Wildman–Crippen LogP) is 0.652. The van der Waals surface area contributed by atoms with Crippen molar-refractivity contribution in [2.24, 2.45) is 5.73 Å². The molecular formula is C9H16N4. The van der Waals surface area contributed by atoms with E-state index in [1.165, 1.54) is 0 Å². The van der Waals surface area contributed by atoms with Crippen LogP contribution in [-0.2, 0) is 0 Å². The topological polar surface area (TPSA) is 55.0 Å². The third kappa shape index (κ3) is 2.99. The molecule has 0 aliphatic carbocycles. The SMILES string of the molecule is CCCN(CCN)c1ccncn1. The van der Waals surface area contributed by atoms with Gasteiger partial charge in [0, 0.05) is 25.8 Å². The minimum absolute atomic E-state index is 0.657. The Balaban J connectivity index is 2.64. The fourth-order valence-electron chi connectivity index (χ4n) is 1.24. The summed E-state index contributed by atoms with van der Waals surface area (Å²) in [7, 11) is 0. The number of rotatable bonds is 5. The van der Waals surface area contributed by atoms with E-state index < -0.39 is 0 Å². The first-order chi connectivity index (χ1) is 6.38. The Morgan fingerprint density at radius 3 is 2.85 bits per heavy atom. The summed E-state index contributed by atoms with van der Waals surface area (Å²) in [5.74, 6) is 0.960. The van der Waals surface area contributed by atoms with Gasteiger partial charge in [0.15, 0.2) is 0 Å². The van der Waals surface area contributed by atoms with Gasteiger partial charge in [-0.05, 0) is 12.5 Å². The quantitative estimate of drug-likeness (QED) is 0.723. The van der Waals surface area contributed by atoms with Crippen LogP contribution in [0.1, 0.15) is 13.3 Å². The highest BCUT2D eigenvalue weighted by Gasteiger charge is 2.03. The van der Waals surface area contributed by atoms with Crippen LogP contribution in [0.15, 0.2) is 18.6 Å². The molecule has 13 heavy (non-hydrogen) atoms. The maximum atomic E-state index is 5.51. The lowest BCUT2D eigenvalue weighted by molar-refractivity contribution is 0.749. The van der Waals surface area contributed by atoms with Gasteiger partial charge in [0.25, 0.3) is 0 Å². The zero-order valence-corrected chi connectivity index (χ0v) is 7.98. The van der Waals surface area contributed by atoms with E-state index >= 15 is 0 Å². The minimum atomic E-state index is 0.657. The molecule has 0 atom stereocenters. The normalized spacial score (nSPS) is 10.0. The first kappa shape index (κ1) is 9.92. The molecule has 0 amide bonds. The second-order valence-corrected chi connectivity index (χ2v) is 2.84. The summed E-state index contributed by atoms with van der Waals surface area (Å²) in [5.41, 5.74) is 5.51. The van der Waals surface area contributed by atoms with Crippen molar-refractivity contribution in [3.63, 3.8) is 0 Å². The lowest BCUT2D eigenvalue weighted by atomic mass is 10.4. The van der Waals surface area contributed by atoms with E-state index in [0.29, 0.717) is 6.54 Å². The molecule has 4 heteroatoms. The molecule has 0 spiro atoms. The minimum Gasteiger partial charge on any atom is -0.355 e. The van der Waals surface area contributed by atoms with Crippen molar-refractivity contribution in [2.45, 2.75) is 13.3 Å². The number of hydrogen-bond donors (Lipinski definition) is 1. The highest BCUT2D eigenvalue weighted by Crippen LogP contribution is 2.07. The molecule has 1 rings (SSSR count). The maximum Gasteiger partial charge on any atom is 0.131 e. The molecule has 0 bridgehead atoms. The molecule has 0 fully saturated rings. The zero-order valence-electron chi connectivity index (χ0n) is 7.98. The molecule has 0 radical (unpaired) electrons. The monoisotopic (exact) mass is 180 g/mol. The van der Waals surface area contributed by atoms with Gasteiger partial charge in [0.2, 0.25) is 0 Å². The van der Waals surface area contributed by atoms with Crippen LogP contribution >= 0.6 is 0 Å². The highest BCUT2D eigenvalue weighted by molar-refractivity contribution is 5.36. The van der Waals surface area contributed by atoms with Crippen molar-refractivity contribution in [3.8, 4) is 0 Å². The van der Waals surface area contributed by atoms with E-state index in [1.54, 1.807) is 12.5 Å². The second-order valence-electron chi connectivity index (χ2n) is 2.84. The number of hydrogen-bond acceptors (Lipinski definition) is 4. The Morgan fingerprint density at radius 1 is 1.46 bits per heavy atom. The van der Waals surface area contributed by atoms with Gasteiger partial charge in [0.05, 0.1) is 0 Å². The summed E-state index contributed by atoms with van der Waals surface area (Å²) in [4.78, 5) is 10.2. The molecule has 4 nitrogen and oxygen atoms in total. The van der Waals surface area contributed by atoms with Crippen LogP contribution in [0.3, 0.4) is 0 Å². The number of nitrogens with zero attached hydrogens (tertiary/aromatic N) is 3. The molecule has 1 aromatic heterocycles. The fourth-order valence-corrected chi connectivity index (χ4v) is 1.24. The maximum absolute atomic E-state index is 5.51. The van der Waals surface area contributed by atoms with Gasteiger partial charge < -0.3 is 10.6 Å². The van der Waals surface area contributed by atoms with Crippen LogP contribution in [0.2, 0.25) is 0 Å². The van der Waals surface area contributed by atoms with Crippen molar-refractivity contribution in [1.82, 2.24) is 9.97 Å². The van der Waals surface area contributed by atoms with E-state index in [-0.39, 0.29) is 0 Å². The molecule has 1 heterocycles. The van der Waals surface area contributed by atoms with Gasteiger partial charge in [-0.25, -0.2) is 9.97 Å². The lowest BCUT2D eigenvalue weighted by Crippen LogP contribution is -2.30. The molecule has 0 aromatic carbocycles. The molecule has 0 aliphatic heterocycles. The molecule has 0 saturated carbocycles. The van der Waals surface area contributed by atoms with Crippen molar-refractivity contribution >= 4 is 5.82 Å². The van der Waals surface area contributed by atoms with E-state index in [0.717, 1.165) is 25.3 Å². The highest BCUT2D eigenvalue weighted by atomic mass is 15.2. The molecule has 72 valence electrons. The summed E-state index contributed by atoms with van der Waals surface area (Å²) in [5, 5.41) is 0. The van der Waals surface area contributed by atoms with E-state index in [2.05, 4.69) is 21.8 Å². The Kier molecular flexibility index (Phi) is 4.18. The molecule has 0 aliphatic rings. The van der Waals surface area contributed by atoms with Gasteiger partial charge in [-0.1, -0.05) is 6.92 Å². The van der Waals surface area contributed by atoms with Gasteiger partial charge in [-0.15, -0.1) is 0 Å². The standard InChI is InChI=1S/C9H16N4/c1-2-6-13(7-4-10)9-3-5-11-8-12-9/h3,5,8H,2,4,6-7,10H2,1H3. The van der Waals surface area contributed by atoms with E-state index in [4.69, 9.17) is 5.73 Å². The van der Waals surface area contributed by atoms with Crippen LogP contribution in [0, 0.1) is 0 Å². The van der Waals surface area contributed by atoms with Crippen LogP contribution < -0.4 is 10.6 Å². The molecule has 2 N–H and O–H groups in total. The smallest absolute Gasteiger partial charge is 0.131 e. The third-order valence-corrected chi connectivity index (χ3v) is 1.78. The zero-order chi connectivity index (χ0) is 9.52. The lowest BCUT2D eigenvalue weighted by Gasteiger charge is -2.21. The molecule has 0 saturated heterocycles.